The van der Waals surface area contributed by atoms with Crippen LogP contribution in [0.4, 0.5) is 0 Å². The fourth-order valence-electron chi connectivity index (χ4n) is 3.85. The summed E-state index contributed by atoms with van der Waals surface area (Å²) in [5.41, 5.74) is 3.22. The zero-order valence-electron chi connectivity index (χ0n) is 16.6. The van der Waals surface area contributed by atoms with E-state index in [0.717, 1.165) is 49.7 Å². The zero-order chi connectivity index (χ0) is 20.5. The third-order valence-electron chi connectivity index (χ3n) is 5.39. The molecule has 5 rings (SSSR count). The zero-order valence-corrected chi connectivity index (χ0v) is 16.6. The molecule has 0 aliphatic heterocycles. The van der Waals surface area contributed by atoms with Crippen molar-refractivity contribution in [3.63, 3.8) is 0 Å². The molecule has 4 aromatic carbocycles. The number of hydrogen-bond donors (Lipinski definition) is 2. The van der Waals surface area contributed by atoms with Crippen LogP contribution in [0.15, 0.2) is 85.1 Å². The third-order valence-corrected chi connectivity index (χ3v) is 5.39. The van der Waals surface area contributed by atoms with Crippen LogP contribution in [0.2, 0.25) is 0 Å². The number of aromatic hydroxyl groups is 1. The molecule has 0 atom stereocenters. The van der Waals surface area contributed by atoms with Crippen molar-refractivity contribution in [2.75, 3.05) is 7.11 Å². The molecule has 0 saturated heterocycles. The Hall–Kier alpha value is -3.92. The molecule has 4 nitrogen and oxygen atoms in total. The molecule has 30 heavy (non-hydrogen) atoms. The quantitative estimate of drug-likeness (QED) is 0.368. The first-order valence-electron chi connectivity index (χ1n) is 9.81. The van der Waals surface area contributed by atoms with E-state index < -0.39 is 0 Å². The van der Waals surface area contributed by atoms with Crippen LogP contribution in [-0.2, 0) is 6.61 Å². The van der Waals surface area contributed by atoms with Crippen molar-refractivity contribution in [1.82, 2.24) is 4.98 Å². The molecular formula is C26H21NO3. The van der Waals surface area contributed by atoms with E-state index in [1.54, 1.807) is 7.11 Å². The number of aromatic amines is 1. The Morgan fingerprint density at radius 2 is 1.57 bits per heavy atom. The smallest absolute Gasteiger partial charge is 0.196 e. The predicted octanol–water partition coefficient (Wildman–Crippen LogP) is 6.28. The van der Waals surface area contributed by atoms with E-state index in [1.807, 2.05) is 66.9 Å². The van der Waals surface area contributed by atoms with Gasteiger partial charge < -0.3 is 19.6 Å². The number of fused-ring (bicyclic) bond motifs is 2. The average Bonchev–Trinajstić information content (AvgIpc) is 3.17. The van der Waals surface area contributed by atoms with E-state index >= 15 is 0 Å². The highest BCUT2D eigenvalue weighted by Gasteiger charge is 2.14. The molecule has 1 heterocycles. The summed E-state index contributed by atoms with van der Waals surface area (Å²) in [5, 5.41) is 14.2. The first-order valence-corrected chi connectivity index (χ1v) is 9.81. The molecule has 1 aromatic heterocycles. The Balaban J connectivity index is 1.65. The monoisotopic (exact) mass is 395 g/mol. The lowest BCUT2D eigenvalue weighted by Gasteiger charge is -2.13. The van der Waals surface area contributed by atoms with E-state index in [4.69, 9.17) is 9.47 Å². The highest BCUT2D eigenvalue weighted by atomic mass is 16.5. The van der Waals surface area contributed by atoms with Gasteiger partial charge in [0.25, 0.3) is 0 Å². The molecule has 0 unspecified atom stereocenters. The number of H-pyrrole nitrogens is 1. The lowest BCUT2D eigenvalue weighted by atomic mass is 9.93. The van der Waals surface area contributed by atoms with Gasteiger partial charge in [0.2, 0.25) is 0 Å². The Bertz CT molecular complexity index is 1320. The van der Waals surface area contributed by atoms with Crippen LogP contribution in [0.5, 0.6) is 17.4 Å². The molecule has 0 amide bonds. The SMILES string of the molecule is COc1ccc(-c2c3cc(OCc4ccccc4)ccc3cc3c(O)[nH]cc23)cc1. The maximum Gasteiger partial charge on any atom is 0.196 e. The molecular weight excluding hydrogens is 374 g/mol. The van der Waals surface area contributed by atoms with Gasteiger partial charge in [-0.3, -0.25) is 0 Å². The van der Waals surface area contributed by atoms with Crippen molar-refractivity contribution in [2.45, 2.75) is 6.61 Å². The summed E-state index contributed by atoms with van der Waals surface area (Å²) < 4.78 is 11.4. The molecule has 0 saturated carbocycles. The molecule has 2 N–H and O–H groups in total. The van der Waals surface area contributed by atoms with Crippen LogP contribution >= 0.6 is 0 Å². The van der Waals surface area contributed by atoms with Crippen LogP contribution < -0.4 is 9.47 Å². The van der Waals surface area contributed by atoms with E-state index in [2.05, 4.69) is 23.2 Å². The summed E-state index contributed by atoms with van der Waals surface area (Å²) in [4.78, 5) is 2.95. The van der Waals surface area contributed by atoms with Crippen LogP contribution in [0, 0.1) is 0 Å². The summed E-state index contributed by atoms with van der Waals surface area (Å²) in [7, 11) is 1.66. The number of ether oxygens (including phenoxy) is 2. The van der Waals surface area contributed by atoms with Gasteiger partial charge >= 0.3 is 0 Å². The minimum absolute atomic E-state index is 0.172. The van der Waals surface area contributed by atoms with Crippen molar-refractivity contribution in [3.8, 4) is 28.5 Å². The van der Waals surface area contributed by atoms with E-state index in [1.165, 1.54) is 0 Å². The summed E-state index contributed by atoms with van der Waals surface area (Å²) in [5.74, 6) is 1.78. The molecule has 0 radical (unpaired) electrons. The number of hydrogen-bond acceptors (Lipinski definition) is 3. The van der Waals surface area contributed by atoms with Crippen LogP contribution in [0.1, 0.15) is 5.56 Å². The topological polar surface area (TPSA) is 54.5 Å². The molecule has 0 spiro atoms. The van der Waals surface area contributed by atoms with Gasteiger partial charge in [-0.15, -0.1) is 0 Å². The largest absolute Gasteiger partial charge is 0.497 e. The van der Waals surface area contributed by atoms with Crippen molar-refractivity contribution >= 4 is 21.5 Å². The Kier molecular flexibility index (Phi) is 4.52. The second-order valence-corrected chi connectivity index (χ2v) is 7.24. The standard InChI is InChI=1S/C26H21NO3/c1-29-20-10-7-18(8-11-20)25-22-14-21(30-16-17-5-3-2-4-6-17)12-9-19(22)13-23-24(25)15-27-26(23)28/h2-15,27-28H,16H2,1H3. The lowest BCUT2D eigenvalue weighted by molar-refractivity contribution is 0.306. The maximum absolute atomic E-state index is 10.3. The van der Waals surface area contributed by atoms with Crippen LogP contribution in [0.3, 0.4) is 0 Å². The summed E-state index contributed by atoms with van der Waals surface area (Å²) in [6, 6.07) is 26.2. The van der Waals surface area contributed by atoms with Gasteiger partial charge in [0.15, 0.2) is 5.88 Å². The van der Waals surface area contributed by atoms with Gasteiger partial charge in [0.05, 0.1) is 7.11 Å². The Morgan fingerprint density at radius 3 is 2.33 bits per heavy atom. The number of aromatic nitrogens is 1. The van der Waals surface area contributed by atoms with Gasteiger partial charge in [0.1, 0.15) is 18.1 Å². The number of benzene rings is 4. The van der Waals surface area contributed by atoms with Gasteiger partial charge in [-0.2, -0.15) is 0 Å². The summed E-state index contributed by atoms with van der Waals surface area (Å²) in [6.07, 6.45) is 1.85. The van der Waals surface area contributed by atoms with Crippen LogP contribution in [-0.4, -0.2) is 17.2 Å². The lowest BCUT2D eigenvalue weighted by Crippen LogP contribution is -1.95. The van der Waals surface area contributed by atoms with Gasteiger partial charge in [-0.05, 0) is 57.8 Å². The molecule has 0 aliphatic carbocycles. The van der Waals surface area contributed by atoms with Gasteiger partial charge in [0, 0.05) is 17.0 Å². The van der Waals surface area contributed by atoms with Gasteiger partial charge in [-0.1, -0.05) is 48.5 Å². The molecule has 148 valence electrons. The highest BCUT2D eigenvalue weighted by Crippen LogP contribution is 2.41. The first kappa shape index (κ1) is 18.1. The highest BCUT2D eigenvalue weighted by molar-refractivity contribution is 6.14. The third kappa shape index (κ3) is 3.22. The minimum Gasteiger partial charge on any atom is -0.497 e. The fourth-order valence-corrected chi connectivity index (χ4v) is 3.85. The number of rotatable bonds is 5. The van der Waals surface area contributed by atoms with Crippen molar-refractivity contribution in [1.29, 1.82) is 0 Å². The van der Waals surface area contributed by atoms with E-state index in [0.29, 0.717) is 6.61 Å². The molecule has 0 aliphatic rings. The number of nitrogens with one attached hydrogen (secondary N) is 1. The predicted molar refractivity (Wildman–Crippen MR) is 120 cm³/mol. The molecule has 4 heteroatoms. The molecule has 0 bridgehead atoms. The Morgan fingerprint density at radius 1 is 0.800 bits per heavy atom. The van der Waals surface area contributed by atoms with Crippen molar-refractivity contribution < 1.29 is 14.6 Å². The van der Waals surface area contributed by atoms with E-state index in [9.17, 15) is 5.11 Å². The van der Waals surface area contributed by atoms with Gasteiger partial charge in [-0.25, -0.2) is 0 Å². The first-order chi connectivity index (χ1) is 14.7. The second kappa shape index (κ2) is 7.48. The average molecular weight is 395 g/mol. The fraction of sp³-hybridized carbons (Fsp3) is 0.0769. The van der Waals surface area contributed by atoms with Crippen molar-refractivity contribution in [3.05, 3.63) is 90.6 Å². The normalized spacial score (nSPS) is 11.1. The van der Waals surface area contributed by atoms with Crippen LogP contribution in [0.25, 0.3) is 32.7 Å². The maximum atomic E-state index is 10.3. The summed E-state index contributed by atoms with van der Waals surface area (Å²) in [6.45, 7) is 0.511. The van der Waals surface area contributed by atoms with Crippen molar-refractivity contribution in [2.24, 2.45) is 0 Å². The second-order valence-electron chi connectivity index (χ2n) is 7.24. The Labute approximate surface area is 174 Å². The minimum atomic E-state index is 0.172. The molecule has 5 aromatic rings. The summed E-state index contributed by atoms with van der Waals surface area (Å²) >= 11 is 0. The van der Waals surface area contributed by atoms with E-state index in [-0.39, 0.29) is 5.88 Å². The molecule has 0 fully saturated rings. The number of methoxy groups -OCH3 is 1.